The Morgan fingerprint density at radius 1 is 0.926 bits per heavy atom. The fourth-order valence-corrected chi connectivity index (χ4v) is 5.87. The van der Waals surface area contributed by atoms with E-state index in [0.717, 1.165) is 16.5 Å². The van der Waals surface area contributed by atoms with Crippen LogP contribution in [0.1, 0.15) is 44.2 Å². The van der Waals surface area contributed by atoms with E-state index in [2.05, 4.69) is 50.1 Å². The average molecular weight is 740 g/mol. The molecule has 2 heterocycles. The fraction of sp³-hybridized carbons (Fsp3) is 0.385. The highest BCUT2D eigenvalue weighted by Crippen LogP contribution is 2.19. The monoisotopic (exact) mass is 739 g/mol. The van der Waals surface area contributed by atoms with E-state index in [-0.39, 0.29) is 19.3 Å². The van der Waals surface area contributed by atoms with Crippen LogP contribution in [0, 0.1) is 12.0 Å². The number of H-pyrrole nitrogens is 1. The van der Waals surface area contributed by atoms with E-state index in [1.807, 2.05) is 30.3 Å². The Labute approximate surface area is 314 Å². The largest absolute Gasteiger partial charge is 0.368 e. The third-order valence-electron chi connectivity index (χ3n) is 8.91. The lowest BCUT2D eigenvalue weighted by molar-refractivity contribution is -0.134. The summed E-state index contributed by atoms with van der Waals surface area (Å²) in [5, 5.41) is 14.2. The maximum atomic E-state index is 14.2. The van der Waals surface area contributed by atoms with Gasteiger partial charge in [-0.15, -0.1) is 6.58 Å². The topological polar surface area (TPSA) is 234 Å². The summed E-state index contributed by atoms with van der Waals surface area (Å²) < 4.78 is 0. The van der Waals surface area contributed by atoms with Crippen LogP contribution in [0.3, 0.4) is 0 Å². The van der Waals surface area contributed by atoms with Crippen LogP contribution in [0.4, 0.5) is 0 Å². The normalized spacial score (nSPS) is 22.6. The first kappa shape index (κ1) is 40.6. The van der Waals surface area contributed by atoms with Crippen molar-refractivity contribution in [1.82, 2.24) is 36.5 Å². The van der Waals surface area contributed by atoms with Crippen molar-refractivity contribution in [2.75, 3.05) is 13.1 Å². The molecule has 6 amide bonds. The highest BCUT2D eigenvalue weighted by molar-refractivity contribution is 5.97. The van der Waals surface area contributed by atoms with Crippen LogP contribution in [-0.2, 0) is 41.6 Å². The highest BCUT2D eigenvalue weighted by Gasteiger charge is 2.32. The third kappa shape index (κ3) is 11.7. The molecular weight excluding hydrogens is 690 g/mol. The first-order chi connectivity index (χ1) is 25.9. The SMILES string of the molecule is C=CCN1C#CC(NC(=O)[C@H](C)N)C(=O)N[C@@H](C)C(=O)N[C@@H](Cc2c[nH]c3ccccc23)C(=O)N[C@H](Cc2ccccc2)C(=O)N[C@H](C(N)=O)CCCC1. The molecule has 4 rings (SSSR count). The molecule has 0 fully saturated rings. The van der Waals surface area contributed by atoms with Gasteiger partial charge in [0.2, 0.25) is 29.5 Å². The zero-order valence-corrected chi connectivity index (χ0v) is 30.5. The van der Waals surface area contributed by atoms with Crippen LogP contribution < -0.4 is 38.1 Å². The Hall–Kier alpha value is -6.14. The fourth-order valence-electron chi connectivity index (χ4n) is 5.87. The van der Waals surface area contributed by atoms with Crippen molar-refractivity contribution in [3.63, 3.8) is 0 Å². The number of para-hydroxylation sites is 1. The van der Waals surface area contributed by atoms with Gasteiger partial charge in [0.25, 0.3) is 5.91 Å². The van der Waals surface area contributed by atoms with E-state index in [0.29, 0.717) is 31.5 Å². The summed E-state index contributed by atoms with van der Waals surface area (Å²) in [4.78, 5) is 85.2. The number of aromatic amines is 1. The van der Waals surface area contributed by atoms with Gasteiger partial charge in [0, 0.05) is 49.1 Å². The van der Waals surface area contributed by atoms with Crippen molar-refractivity contribution < 1.29 is 28.8 Å². The second kappa shape index (κ2) is 19.6. The second-order valence-corrected chi connectivity index (χ2v) is 13.3. The number of rotatable bonds is 9. The summed E-state index contributed by atoms with van der Waals surface area (Å²) in [5.74, 6) is -1.39. The quantitative estimate of drug-likeness (QED) is 0.108. The van der Waals surface area contributed by atoms with E-state index < -0.39 is 71.7 Å². The minimum absolute atomic E-state index is 0.0174. The number of nitrogens with zero attached hydrogens (tertiary/aromatic N) is 1. The molecule has 286 valence electrons. The molecule has 1 aliphatic rings. The summed E-state index contributed by atoms with van der Waals surface area (Å²) in [7, 11) is 0. The number of nitrogens with one attached hydrogen (secondary N) is 6. The van der Waals surface area contributed by atoms with E-state index in [1.165, 1.54) is 13.8 Å². The maximum absolute atomic E-state index is 14.2. The highest BCUT2D eigenvalue weighted by atomic mass is 16.2. The Morgan fingerprint density at radius 2 is 1.59 bits per heavy atom. The van der Waals surface area contributed by atoms with Crippen molar-refractivity contribution in [2.24, 2.45) is 11.5 Å². The zero-order valence-electron chi connectivity index (χ0n) is 30.5. The molecule has 1 aliphatic heterocycles. The van der Waals surface area contributed by atoms with Crippen molar-refractivity contribution in [2.45, 2.75) is 82.2 Å². The van der Waals surface area contributed by atoms with E-state index in [4.69, 9.17) is 11.5 Å². The van der Waals surface area contributed by atoms with Crippen LogP contribution in [0.5, 0.6) is 0 Å². The van der Waals surface area contributed by atoms with E-state index >= 15 is 0 Å². The first-order valence-corrected chi connectivity index (χ1v) is 17.9. The van der Waals surface area contributed by atoms with Crippen molar-refractivity contribution in [3.8, 4) is 12.0 Å². The Balaban J connectivity index is 1.72. The Kier molecular flexibility index (Phi) is 14.8. The van der Waals surface area contributed by atoms with Gasteiger partial charge in [-0.2, -0.15) is 0 Å². The van der Waals surface area contributed by atoms with E-state index in [1.54, 1.807) is 41.4 Å². The molecule has 0 bridgehead atoms. The minimum atomic E-state index is -1.38. The number of carbonyl (C=O) groups excluding carboxylic acids is 6. The minimum Gasteiger partial charge on any atom is -0.368 e. The maximum Gasteiger partial charge on any atom is 0.255 e. The van der Waals surface area contributed by atoms with Crippen LogP contribution >= 0.6 is 0 Å². The first-order valence-electron chi connectivity index (χ1n) is 17.9. The Morgan fingerprint density at radius 3 is 2.30 bits per heavy atom. The smallest absolute Gasteiger partial charge is 0.255 e. The number of carbonyl (C=O) groups is 6. The zero-order chi connectivity index (χ0) is 39.2. The van der Waals surface area contributed by atoms with Gasteiger partial charge < -0.3 is 47.9 Å². The summed E-state index contributed by atoms with van der Waals surface area (Å²) in [6.07, 6.45) is 4.63. The number of hydrogen-bond acceptors (Lipinski definition) is 8. The van der Waals surface area contributed by atoms with Gasteiger partial charge in [0.1, 0.15) is 24.2 Å². The molecule has 0 spiro atoms. The predicted octanol–water partition coefficient (Wildman–Crippen LogP) is -0.138. The number of hydrogen-bond donors (Lipinski definition) is 8. The Bertz CT molecular complexity index is 1880. The van der Waals surface area contributed by atoms with Gasteiger partial charge in [-0.25, -0.2) is 0 Å². The lowest BCUT2D eigenvalue weighted by atomic mass is 10.0. The molecule has 0 aliphatic carbocycles. The standard InChI is InChI=1S/C39H49N9O6/c1-4-18-48-19-11-10-16-30(34(41)49)44-38(53)32(21-26-12-6-5-7-13-26)47-39(54)33(22-27-23-42-29-15-9-8-14-28(27)29)46-36(51)25(3)43-37(52)31(17-20-48)45-35(50)24(2)40/h4-9,12-15,23-25,30-33,42H,1,10-11,16,18-19,21-22,40H2,2-3H3,(H2,41,49)(H,43,52)(H,44,53)(H,45,50)(H,46,51)(H,47,54)/t24-,25-,30-,31?,32+,33-/m0/s1. The number of nitrogens with two attached hydrogens (primary N) is 2. The number of fused-ring (bicyclic) bond motifs is 1. The van der Waals surface area contributed by atoms with Crippen LogP contribution in [-0.4, -0.2) is 94.7 Å². The molecular formula is C39H49N9O6. The molecule has 2 aromatic carbocycles. The molecule has 54 heavy (non-hydrogen) atoms. The predicted molar refractivity (Wildman–Crippen MR) is 204 cm³/mol. The van der Waals surface area contributed by atoms with Gasteiger partial charge in [0.15, 0.2) is 6.04 Å². The number of benzene rings is 2. The third-order valence-corrected chi connectivity index (χ3v) is 8.91. The van der Waals surface area contributed by atoms with Gasteiger partial charge in [-0.05, 0) is 56.2 Å². The van der Waals surface area contributed by atoms with Gasteiger partial charge in [-0.3, -0.25) is 28.8 Å². The molecule has 0 radical (unpaired) electrons. The lowest BCUT2D eigenvalue weighted by Gasteiger charge is -2.26. The summed E-state index contributed by atoms with van der Waals surface area (Å²) in [6, 6.07) is 12.4. The van der Waals surface area contributed by atoms with Gasteiger partial charge in [0.05, 0.1) is 6.04 Å². The van der Waals surface area contributed by atoms with Crippen molar-refractivity contribution in [3.05, 3.63) is 84.6 Å². The molecule has 0 saturated heterocycles. The molecule has 15 nitrogen and oxygen atoms in total. The molecule has 1 unspecified atom stereocenters. The van der Waals surface area contributed by atoms with Crippen LogP contribution in [0.2, 0.25) is 0 Å². The number of aromatic nitrogens is 1. The van der Waals surface area contributed by atoms with Crippen molar-refractivity contribution in [1.29, 1.82) is 0 Å². The molecule has 15 heteroatoms. The van der Waals surface area contributed by atoms with E-state index in [9.17, 15) is 28.8 Å². The van der Waals surface area contributed by atoms with Crippen molar-refractivity contribution >= 4 is 46.3 Å². The molecule has 3 aromatic rings. The number of amides is 6. The molecule has 0 saturated carbocycles. The number of primary amides is 1. The summed E-state index contributed by atoms with van der Waals surface area (Å²) in [5.41, 5.74) is 13.7. The average Bonchev–Trinajstić information content (AvgIpc) is 3.55. The van der Waals surface area contributed by atoms with Crippen LogP contribution in [0.15, 0.2) is 73.4 Å². The van der Waals surface area contributed by atoms with Crippen LogP contribution in [0.25, 0.3) is 10.9 Å². The molecule has 6 atom stereocenters. The second-order valence-electron chi connectivity index (χ2n) is 13.3. The molecule has 10 N–H and O–H groups in total. The van der Waals surface area contributed by atoms with Gasteiger partial charge >= 0.3 is 0 Å². The summed E-state index contributed by atoms with van der Waals surface area (Å²) in [6.45, 7) is 7.35. The molecule has 1 aromatic heterocycles. The lowest BCUT2D eigenvalue weighted by Crippen LogP contribution is -2.59. The van der Waals surface area contributed by atoms with Gasteiger partial charge in [-0.1, -0.05) is 54.6 Å². The summed E-state index contributed by atoms with van der Waals surface area (Å²) >= 11 is 0.